The zero-order valence-electron chi connectivity index (χ0n) is 77.1. The van der Waals surface area contributed by atoms with Crippen molar-refractivity contribution in [1.82, 2.24) is 63.1 Å². The summed E-state index contributed by atoms with van der Waals surface area (Å²) >= 11 is 0. The van der Waals surface area contributed by atoms with Crippen LogP contribution in [0, 0.1) is 0 Å². The van der Waals surface area contributed by atoms with Gasteiger partial charge in [-0.1, -0.05) is 334 Å². The van der Waals surface area contributed by atoms with Crippen molar-refractivity contribution in [2.75, 3.05) is 0 Å². The molecule has 0 aliphatic heterocycles. The highest BCUT2D eigenvalue weighted by molar-refractivity contribution is 6.30. The zero-order valence-corrected chi connectivity index (χ0v) is 77.1. The lowest BCUT2D eigenvalue weighted by Gasteiger charge is -2.18. The fourth-order valence-electron chi connectivity index (χ4n) is 21.9. The molecule has 0 aliphatic carbocycles. The van der Waals surface area contributed by atoms with E-state index in [-0.39, 0.29) is 0 Å². The van der Waals surface area contributed by atoms with E-state index in [1.54, 1.807) is 0 Å². The van der Waals surface area contributed by atoms with E-state index >= 15 is 0 Å². The van der Waals surface area contributed by atoms with Crippen LogP contribution >= 0.6 is 0 Å². The predicted molar refractivity (Wildman–Crippen MR) is 586 cm³/mol. The summed E-state index contributed by atoms with van der Waals surface area (Å²) in [4.78, 5) is 46.1. The third-order valence-electron chi connectivity index (χ3n) is 28.3. The number of para-hydroxylation sites is 5. The highest BCUT2D eigenvalue weighted by Gasteiger charge is 2.29. The first-order valence-corrected chi connectivity index (χ1v) is 48.3. The molecule has 0 atom stereocenters. The number of nitrogens with zero attached hydrogens (tertiary/aromatic N) is 13. The molecule has 30 rings (SSSR count). The van der Waals surface area contributed by atoms with Crippen molar-refractivity contribution in [3.63, 3.8) is 0 Å². The molecule has 0 amide bonds. The Morgan fingerprint density at radius 1 is 0.146 bits per heavy atom. The molecule has 0 unspecified atom stereocenters. The van der Waals surface area contributed by atoms with E-state index in [0.717, 1.165) is 182 Å². The Balaban J connectivity index is 0.000000142. The smallest absolute Gasteiger partial charge is 0.166 e. The maximum atomic E-state index is 6.60. The van der Waals surface area contributed by atoms with Crippen molar-refractivity contribution in [1.29, 1.82) is 0 Å². The van der Waals surface area contributed by atoms with Crippen LogP contribution in [0.2, 0.25) is 0 Å². The van der Waals surface area contributed by atoms with E-state index in [1.165, 1.54) is 53.9 Å². The molecule has 0 bridgehead atoms. The highest BCUT2D eigenvalue weighted by atomic mass is 16.3. The number of fused-ring (bicyclic) bond motifs is 26. The second-order valence-corrected chi connectivity index (χ2v) is 36.6. The minimum absolute atomic E-state index is 0.584. The average Bonchev–Trinajstić information content (AvgIpc) is 1.52. The summed E-state index contributed by atoms with van der Waals surface area (Å²) in [6.45, 7) is 0. The lowest BCUT2D eigenvalue weighted by molar-refractivity contribution is 0.668. The molecule has 0 spiro atoms. The molecular formula is C129H77N13O2. The predicted octanol–water partition coefficient (Wildman–Crippen LogP) is 32.6. The van der Waals surface area contributed by atoms with Gasteiger partial charge in [-0.25, -0.2) is 44.9 Å². The molecule has 15 heteroatoms. The lowest BCUT2D eigenvalue weighted by atomic mass is 9.92. The number of hydrogen-bond acceptors (Lipinski definition) is 11. The summed E-state index contributed by atoms with van der Waals surface area (Å²) in [5, 5.41) is 20.4. The van der Waals surface area contributed by atoms with Gasteiger partial charge in [-0.15, -0.1) is 0 Å². The van der Waals surface area contributed by atoms with Gasteiger partial charge in [-0.2, -0.15) is 0 Å². The molecule has 30 aromatic rings. The summed E-state index contributed by atoms with van der Waals surface area (Å²) in [5.74, 6) is 5.47. The molecule has 0 saturated heterocycles. The summed E-state index contributed by atoms with van der Waals surface area (Å²) < 4.78 is 22.9. The van der Waals surface area contributed by atoms with Crippen molar-refractivity contribution < 1.29 is 8.83 Å². The minimum Gasteiger partial charge on any atom is -0.456 e. The van der Waals surface area contributed by atoms with E-state index < -0.39 is 0 Å². The average molecular weight is 1840 g/mol. The number of aromatic nitrogens is 13. The fraction of sp³-hybridized carbons (Fsp3) is 0. The van der Waals surface area contributed by atoms with Gasteiger partial charge in [0.2, 0.25) is 0 Å². The standard InChI is InChI=1S/C72H42N8O2.C57H35N5/c1-5-17-43(18-6-1)67-73-68(44-19-7-2-8-20-44)76-71(75-67)47-29-35-61-54(39-47)56-41-49(31-37-63(56)81-61)79-59-28-16-14-26-53(59)65-60(79)34-33-52-51-25-13-15-27-58(51)80(66(52)65)50-32-38-64-57(42-50)55-40-48(30-36-62(55)82-64)72-77-69(45-21-9-3-10-22-45)74-70(78-72)46-23-11-4-12-24-46;1-4-18-36(19-5-1)55-58-56(37-20-6-2-7-21-37)60-57(59-55)48-34-46-41-26-12-10-24-39(41)40-25-11-13-27-42(40)47(46)35-52(48)62-49-30-16-14-28-43(49)44-32-33-51-53(54(44)62)45-29-15-17-31-50(45)61(51)38-22-8-3-9-23-38/h1-42H;1-35H. The Labute approximate surface area is 822 Å². The normalized spacial score (nSPS) is 11.9. The Hall–Kier alpha value is -19.8. The van der Waals surface area contributed by atoms with E-state index in [2.05, 4.69) is 303 Å². The summed E-state index contributed by atoms with van der Waals surface area (Å²) in [7, 11) is 0. The van der Waals surface area contributed by atoms with Crippen molar-refractivity contribution >= 4 is 163 Å². The summed E-state index contributed by atoms with van der Waals surface area (Å²) in [6, 6.07) is 163. The van der Waals surface area contributed by atoms with Crippen LogP contribution in [0.15, 0.2) is 476 Å². The van der Waals surface area contributed by atoms with Crippen LogP contribution in [0.25, 0.3) is 289 Å². The SMILES string of the molecule is c1ccc(-c2nc(-c3ccccc3)nc(-c3cc4c5ccccc5c5ccccc5c4cc3-n3c4ccccc4c4ccc5c(c6ccccc6n5-c5ccccc5)c43)n2)cc1.c1ccc(-c2nc(-c3ccccc3)nc(-c3ccc4oc5ccc(-n6c7ccccc7c7c6ccc6c8ccccc8n(-c8ccc9oc%10ccc(-c%11nc(-c%12ccccc%12)nc(-c%12ccccc%12)n%11)cc%10c9c8)c67)cc5c4c3)n2)cc1. The molecule has 9 heterocycles. The third-order valence-corrected chi connectivity index (χ3v) is 28.3. The second kappa shape index (κ2) is 33.0. The third kappa shape index (κ3) is 13.2. The lowest BCUT2D eigenvalue weighted by Crippen LogP contribution is -2.04. The Morgan fingerprint density at radius 3 is 0.799 bits per heavy atom. The van der Waals surface area contributed by atoms with Gasteiger partial charge in [-0.05, 0) is 166 Å². The first-order valence-electron chi connectivity index (χ1n) is 48.3. The molecule has 0 N–H and O–H groups in total. The largest absolute Gasteiger partial charge is 0.456 e. The molecule has 21 aromatic carbocycles. The maximum Gasteiger partial charge on any atom is 0.166 e. The van der Waals surface area contributed by atoms with Gasteiger partial charge in [-0.3, -0.25) is 0 Å². The molecule has 0 fully saturated rings. The van der Waals surface area contributed by atoms with Crippen LogP contribution in [0.5, 0.6) is 0 Å². The maximum absolute atomic E-state index is 6.60. The minimum atomic E-state index is 0.584. The van der Waals surface area contributed by atoms with Crippen LogP contribution in [0.4, 0.5) is 0 Å². The quantitative estimate of drug-likeness (QED) is 0.101. The van der Waals surface area contributed by atoms with Gasteiger partial charge >= 0.3 is 0 Å². The highest BCUT2D eigenvalue weighted by Crippen LogP contribution is 2.50. The Kier molecular flexibility index (Phi) is 18.7. The molecule has 144 heavy (non-hydrogen) atoms. The van der Waals surface area contributed by atoms with Crippen LogP contribution in [0.1, 0.15) is 0 Å². The molecular weight excluding hydrogens is 1760 g/mol. The van der Waals surface area contributed by atoms with Crippen LogP contribution in [-0.4, -0.2) is 63.1 Å². The molecule has 15 nitrogen and oxygen atoms in total. The van der Waals surface area contributed by atoms with Crippen LogP contribution in [-0.2, 0) is 0 Å². The van der Waals surface area contributed by atoms with E-state index in [9.17, 15) is 0 Å². The first-order chi connectivity index (χ1) is 71.4. The molecule has 0 saturated carbocycles. The summed E-state index contributed by atoms with van der Waals surface area (Å²) in [5.41, 5.74) is 24.4. The fourth-order valence-corrected chi connectivity index (χ4v) is 21.9. The van der Waals surface area contributed by atoms with E-state index in [1.807, 2.05) is 182 Å². The van der Waals surface area contributed by atoms with E-state index in [0.29, 0.717) is 52.4 Å². The second-order valence-electron chi connectivity index (χ2n) is 36.6. The van der Waals surface area contributed by atoms with Crippen molar-refractivity contribution in [3.05, 3.63) is 467 Å². The van der Waals surface area contributed by atoms with Gasteiger partial charge in [0.05, 0.1) is 49.8 Å². The number of hydrogen-bond donors (Lipinski definition) is 0. The van der Waals surface area contributed by atoms with Crippen molar-refractivity contribution in [3.8, 4) is 125 Å². The monoisotopic (exact) mass is 1840 g/mol. The molecule has 670 valence electrons. The molecule has 0 aliphatic rings. The Bertz CT molecular complexity index is 10300. The van der Waals surface area contributed by atoms with Crippen LogP contribution in [0.3, 0.4) is 0 Å². The van der Waals surface area contributed by atoms with Gasteiger partial charge in [0, 0.05) is 132 Å². The van der Waals surface area contributed by atoms with Crippen molar-refractivity contribution in [2.24, 2.45) is 0 Å². The number of furan rings is 2. The van der Waals surface area contributed by atoms with E-state index in [4.69, 9.17) is 53.7 Å². The topological polar surface area (TPSA) is 162 Å². The van der Waals surface area contributed by atoms with Crippen molar-refractivity contribution in [2.45, 2.75) is 0 Å². The summed E-state index contributed by atoms with van der Waals surface area (Å²) in [6.07, 6.45) is 0. The molecule has 9 aromatic heterocycles. The Morgan fingerprint density at radius 2 is 0.417 bits per heavy atom. The van der Waals surface area contributed by atoms with Crippen LogP contribution < -0.4 is 0 Å². The van der Waals surface area contributed by atoms with Gasteiger partial charge in [0.25, 0.3) is 0 Å². The first kappa shape index (κ1) is 81.4. The molecule has 0 radical (unpaired) electrons. The zero-order chi connectivity index (χ0) is 94.6. The number of rotatable bonds is 13. The van der Waals surface area contributed by atoms with Gasteiger partial charge < -0.3 is 27.1 Å². The van der Waals surface area contributed by atoms with Gasteiger partial charge in [0.1, 0.15) is 22.3 Å². The van der Waals surface area contributed by atoms with Gasteiger partial charge in [0.15, 0.2) is 52.4 Å². The number of benzene rings is 21.